The Bertz CT molecular complexity index is 448. The van der Waals surface area contributed by atoms with Crippen LogP contribution in [-0.4, -0.2) is 30.7 Å². The largest absolute Gasteiger partial charge is 0.416 e. The van der Waals surface area contributed by atoms with Crippen molar-refractivity contribution in [3.8, 4) is 0 Å². The molecule has 1 aliphatic heterocycles. The highest BCUT2D eigenvalue weighted by molar-refractivity contribution is 5.44. The maximum Gasteiger partial charge on any atom is 0.416 e. The number of nitrogens with one attached hydrogen (secondary N) is 1. The van der Waals surface area contributed by atoms with Gasteiger partial charge in [-0.1, -0.05) is 0 Å². The molecule has 0 aliphatic carbocycles. The number of rotatable bonds is 3. The van der Waals surface area contributed by atoms with Crippen molar-refractivity contribution in [1.82, 2.24) is 10.3 Å². The maximum atomic E-state index is 12.8. The van der Waals surface area contributed by atoms with Crippen molar-refractivity contribution in [1.29, 1.82) is 0 Å². The van der Waals surface area contributed by atoms with Crippen LogP contribution in [0.25, 0.3) is 0 Å². The van der Waals surface area contributed by atoms with Crippen LogP contribution in [-0.2, 0) is 6.18 Å². The zero-order valence-corrected chi connectivity index (χ0v) is 11.7. The molecule has 2 unspecified atom stereocenters. The van der Waals surface area contributed by atoms with Gasteiger partial charge in [-0.2, -0.15) is 13.2 Å². The summed E-state index contributed by atoms with van der Waals surface area (Å²) in [7, 11) is 1.87. The first-order chi connectivity index (χ1) is 9.43. The van der Waals surface area contributed by atoms with Gasteiger partial charge in [0.15, 0.2) is 0 Å². The van der Waals surface area contributed by atoms with Crippen LogP contribution >= 0.6 is 0 Å². The number of likely N-dealkylation sites (N-methyl/N-ethyl adjacent to an activating group) is 1. The third kappa shape index (κ3) is 3.23. The molecule has 0 amide bonds. The average molecular weight is 287 g/mol. The number of halogens is 3. The van der Waals surface area contributed by atoms with Gasteiger partial charge in [0, 0.05) is 24.8 Å². The summed E-state index contributed by atoms with van der Waals surface area (Å²) in [5, 5.41) is 3.19. The molecular formula is C14H20F3N3. The topological polar surface area (TPSA) is 28.2 Å². The number of piperidine rings is 1. The van der Waals surface area contributed by atoms with Gasteiger partial charge in [-0.25, -0.2) is 4.98 Å². The second kappa shape index (κ2) is 5.99. The molecule has 1 aliphatic rings. The molecule has 0 saturated carbocycles. The second-order valence-electron chi connectivity index (χ2n) is 5.23. The summed E-state index contributed by atoms with van der Waals surface area (Å²) in [5.41, 5.74) is -0.635. The third-order valence-corrected chi connectivity index (χ3v) is 3.95. The smallest absolute Gasteiger partial charge is 0.352 e. The number of hydrogen-bond acceptors (Lipinski definition) is 3. The fourth-order valence-electron chi connectivity index (χ4n) is 2.71. The molecule has 112 valence electrons. The van der Waals surface area contributed by atoms with Crippen LogP contribution in [0.2, 0.25) is 0 Å². The molecule has 6 heteroatoms. The van der Waals surface area contributed by atoms with Crippen LogP contribution in [0.4, 0.5) is 19.0 Å². The molecule has 1 saturated heterocycles. The molecule has 1 fully saturated rings. The highest BCUT2D eigenvalue weighted by Crippen LogP contribution is 2.32. The molecule has 0 aromatic carbocycles. The minimum Gasteiger partial charge on any atom is -0.352 e. The highest BCUT2D eigenvalue weighted by atomic mass is 19.4. The summed E-state index contributed by atoms with van der Waals surface area (Å²) >= 11 is 0. The first-order valence-corrected chi connectivity index (χ1v) is 6.90. The summed E-state index contributed by atoms with van der Waals surface area (Å²) in [6.07, 6.45) is -0.0115. The molecular weight excluding hydrogens is 267 g/mol. The lowest BCUT2D eigenvalue weighted by molar-refractivity contribution is -0.137. The van der Waals surface area contributed by atoms with Crippen molar-refractivity contribution in [3.05, 3.63) is 23.9 Å². The number of hydrogen-bond donors (Lipinski definition) is 1. The van der Waals surface area contributed by atoms with Crippen LogP contribution in [0.1, 0.15) is 31.7 Å². The summed E-state index contributed by atoms with van der Waals surface area (Å²) in [5.74, 6) is 0.423. The average Bonchev–Trinajstić information content (AvgIpc) is 2.45. The normalized spacial score (nSPS) is 21.9. The Kier molecular flexibility index (Phi) is 4.52. The standard InChI is InChI=1S/C14H20F3N3/c1-10(18-2)12-5-3-4-8-20(12)13-9-11(6-7-19-13)14(15,16)17/h6-7,9-10,12,18H,3-5,8H2,1-2H3. The van der Waals surface area contributed by atoms with E-state index in [9.17, 15) is 13.2 Å². The van der Waals surface area contributed by atoms with Crippen LogP contribution < -0.4 is 10.2 Å². The number of pyridine rings is 1. The van der Waals surface area contributed by atoms with Crippen molar-refractivity contribution < 1.29 is 13.2 Å². The summed E-state index contributed by atoms with van der Waals surface area (Å²) < 4.78 is 38.4. The first kappa shape index (κ1) is 15.1. The number of nitrogens with zero attached hydrogens (tertiary/aromatic N) is 2. The predicted octanol–water partition coefficient (Wildman–Crippen LogP) is 3.07. The quantitative estimate of drug-likeness (QED) is 0.926. The zero-order chi connectivity index (χ0) is 14.8. The Hall–Kier alpha value is -1.30. The summed E-state index contributed by atoms with van der Waals surface area (Å²) in [6, 6.07) is 2.57. The van der Waals surface area contributed by atoms with E-state index < -0.39 is 11.7 Å². The molecule has 3 nitrogen and oxygen atoms in total. The van der Waals surface area contributed by atoms with Gasteiger partial charge in [0.25, 0.3) is 0 Å². The Morgan fingerprint density at radius 2 is 2.15 bits per heavy atom. The molecule has 1 N–H and O–H groups in total. The van der Waals surface area contributed by atoms with E-state index in [-0.39, 0.29) is 12.1 Å². The molecule has 1 aromatic heterocycles. The Balaban J connectivity index is 2.28. The minimum absolute atomic E-state index is 0.185. The second-order valence-corrected chi connectivity index (χ2v) is 5.23. The van der Waals surface area contributed by atoms with E-state index >= 15 is 0 Å². The van der Waals surface area contributed by atoms with Crippen molar-refractivity contribution in [2.24, 2.45) is 0 Å². The Morgan fingerprint density at radius 1 is 1.40 bits per heavy atom. The van der Waals surface area contributed by atoms with Crippen LogP contribution in [0, 0.1) is 0 Å². The Morgan fingerprint density at radius 3 is 2.80 bits per heavy atom. The van der Waals surface area contributed by atoms with Crippen LogP contribution in [0.3, 0.4) is 0 Å². The van der Waals surface area contributed by atoms with Crippen molar-refractivity contribution in [3.63, 3.8) is 0 Å². The van der Waals surface area contributed by atoms with Gasteiger partial charge in [0.05, 0.1) is 5.56 Å². The van der Waals surface area contributed by atoms with Gasteiger partial charge in [-0.3, -0.25) is 0 Å². The lowest BCUT2D eigenvalue weighted by Gasteiger charge is -2.40. The van der Waals surface area contributed by atoms with Gasteiger partial charge in [-0.15, -0.1) is 0 Å². The van der Waals surface area contributed by atoms with Gasteiger partial charge >= 0.3 is 6.18 Å². The van der Waals surface area contributed by atoms with E-state index in [4.69, 9.17) is 0 Å². The van der Waals surface area contributed by atoms with Crippen LogP contribution in [0.5, 0.6) is 0 Å². The molecule has 2 heterocycles. The molecule has 0 bridgehead atoms. The third-order valence-electron chi connectivity index (χ3n) is 3.95. The molecule has 1 aromatic rings. The minimum atomic E-state index is -4.32. The molecule has 20 heavy (non-hydrogen) atoms. The van der Waals surface area contributed by atoms with Gasteiger partial charge in [0.1, 0.15) is 5.82 Å². The first-order valence-electron chi connectivity index (χ1n) is 6.90. The van der Waals surface area contributed by atoms with Gasteiger partial charge in [0.2, 0.25) is 0 Å². The van der Waals surface area contributed by atoms with Crippen molar-refractivity contribution in [2.75, 3.05) is 18.5 Å². The van der Waals surface area contributed by atoms with Gasteiger partial charge in [-0.05, 0) is 45.4 Å². The van der Waals surface area contributed by atoms with Crippen molar-refractivity contribution in [2.45, 2.75) is 44.4 Å². The monoisotopic (exact) mass is 287 g/mol. The van der Waals surface area contributed by atoms with Crippen molar-refractivity contribution >= 4 is 5.82 Å². The van der Waals surface area contributed by atoms with E-state index in [2.05, 4.69) is 17.2 Å². The van der Waals surface area contributed by atoms with E-state index in [0.717, 1.165) is 37.9 Å². The van der Waals surface area contributed by atoms with E-state index in [1.54, 1.807) is 0 Å². The zero-order valence-electron chi connectivity index (χ0n) is 11.7. The SMILES string of the molecule is CNC(C)C1CCCCN1c1cc(C(F)(F)F)ccn1. The molecule has 0 radical (unpaired) electrons. The predicted molar refractivity (Wildman–Crippen MR) is 72.7 cm³/mol. The molecule has 2 rings (SSSR count). The maximum absolute atomic E-state index is 12.8. The number of alkyl halides is 3. The molecule has 0 spiro atoms. The van der Waals surface area contributed by atoms with Gasteiger partial charge < -0.3 is 10.2 Å². The number of anilines is 1. The Labute approximate surface area is 117 Å². The highest BCUT2D eigenvalue weighted by Gasteiger charge is 2.33. The van der Waals surface area contributed by atoms with Crippen LogP contribution in [0.15, 0.2) is 18.3 Å². The molecule has 2 atom stereocenters. The number of aromatic nitrogens is 1. The van der Waals surface area contributed by atoms with E-state index in [1.165, 1.54) is 6.20 Å². The lowest BCUT2D eigenvalue weighted by Crippen LogP contribution is -2.50. The van der Waals surface area contributed by atoms with E-state index in [1.807, 2.05) is 11.9 Å². The van der Waals surface area contributed by atoms with E-state index in [0.29, 0.717) is 5.82 Å². The fourth-order valence-corrected chi connectivity index (χ4v) is 2.71. The summed E-state index contributed by atoms with van der Waals surface area (Å²) in [4.78, 5) is 6.14. The fraction of sp³-hybridized carbons (Fsp3) is 0.643. The summed E-state index contributed by atoms with van der Waals surface area (Å²) in [6.45, 7) is 2.81. The lowest BCUT2D eigenvalue weighted by atomic mass is 9.96.